The first kappa shape index (κ1) is 14.8. The van der Waals surface area contributed by atoms with Crippen LogP contribution in [-0.4, -0.2) is 16.9 Å². The lowest BCUT2D eigenvalue weighted by Crippen LogP contribution is -2.36. The lowest BCUT2D eigenvalue weighted by Gasteiger charge is -2.15. The van der Waals surface area contributed by atoms with Crippen molar-refractivity contribution in [3.63, 3.8) is 0 Å². The van der Waals surface area contributed by atoms with E-state index in [9.17, 15) is 4.79 Å². The molecule has 0 saturated heterocycles. The van der Waals surface area contributed by atoms with E-state index < -0.39 is 6.04 Å². The van der Waals surface area contributed by atoms with Crippen LogP contribution in [0.2, 0.25) is 5.02 Å². The van der Waals surface area contributed by atoms with Crippen molar-refractivity contribution in [3.8, 4) is 0 Å². The van der Waals surface area contributed by atoms with Gasteiger partial charge in [0.1, 0.15) is 0 Å². The monoisotopic (exact) mass is 291 g/mol. The van der Waals surface area contributed by atoms with Crippen molar-refractivity contribution < 1.29 is 4.79 Å². The van der Waals surface area contributed by atoms with Gasteiger partial charge in [0.2, 0.25) is 5.91 Å². The van der Waals surface area contributed by atoms with Crippen LogP contribution in [0.1, 0.15) is 20.3 Å². The minimum absolute atomic E-state index is 0.215. The summed E-state index contributed by atoms with van der Waals surface area (Å²) in [4.78, 5) is 16.4. The number of carbonyl (C=O) groups is 1. The highest BCUT2D eigenvalue weighted by molar-refractivity contribution is 6.32. The van der Waals surface area contributed by atoms with Crippen LogP contribution in [-0.2, 0) is 4.79 Å². The molecular weight excluding hydrogens is 274 g/mol. The van der Waals surface area contributed by atoms with Crippen LogP contribution in [0.5, 0.6) is 0 Å². The summed E-state index contributed by atoms with van der Waals surface area (Å²) in [5.74, 6) is 0.151. The minimum atomic E-state index is -0.534. The second-order valence-corrected chi connectivity index (χ2v) is 5.69. The first-order valence-corrected chi connectivity index (χ1v) is 6.96. The highest BCUT2D eigenvalue weighted by Crippen LogP contribution is 2.26. The molecule has 1 amide bonds. The predicted molar refractivity (Wildman–Crippen MR) is 82.8 cm³/mol. The van der Waals surface area contributed by atoms with Gasteiger partial charge in [0.15, 0.2) is 0 Å². The zero-order valence-corrected chi connectivity index (χ0v) is 12.3. The number of fused-ring (bicyclic) bond motifs is 1. The fraction of sp³-hybridized carbons (Fsp3) is 0.333. The van der Waals surface area contributed by atoms with Crippen molar-refractivity contribution in [1.82, 2.24) is 4.98 Å². The molecule has 3 N–H and O–H groups in total. The van der Waals surface area contributed by atoms with Crippen LogP contribution in [0, 0.1) is 5.92 Å². The summed E-state index contributed by atoms with van der Waals surface area (Å²) in [6, 6.07) is 6.70. The lowest BCUT2D eigenvalue weighted by molar-refractivity contribution is -0.117. The molecule has 0 aliphatic heterocycles. The number of rotatable bonds is 4. The van der Waals surface area contributed by atoms with Crippen molar-refractivity contribution in [3.05, 3.63) is 35.5 Å². The average molecular weight is 292 g/mol. The van der Waals surface area contributed by atoms with E-state index in [-0.39, 0.29) is 5.91 Å². The van der Waals surface area contributed by atoms with E-state index in [2.05, 4.69) is 10.3 Å². The van der Waals surface area contributed by atoms with E-state index >= 15 is 0 Å². The Kier molecular flexibility index (Phi) is 4.57. The van der Waals surface area contributed by atoms with Gasteiger partial charge >= 0.3 is 0 Å². The Balaban J connectivity index is 2.27. The SMILES string of the molecule is CC(C)C[C@H](N)C(=O)Nc1cc(Cl)cc2cccnc12. The largest absolute Gasteiger partial charge is 0.323 e. The summed E-state index contributed by atoms with van der Waals surface area (Å²) >= 11 is 6.06. The van der Waals surface area contributed by atoms with Gasteiger partial charge in [0, 0.05) is 16.6 Å². The molecule has 0 fully saturated rings. The van der Waals surface area contributed by atoms with Crippen molar-refractivity contribution in [1.29, 1.82) is 0 Å². The molecule has 5 heteroatoms. The maximum atomic E-state index is 12.1. The number of pyridine rings is 1. The summed E-state index contributed by atoms with van der Waals surface area (Å²) in [5.41, 5.74) is 7.19. The fourth-order valence-corrected chi connectivity index (χ4v) is 2.32. The van der Waals surface area contributed by atoms with Gasteiger partial charge in [-0.05, 0) is 30.5 Å². The van der Waals surface area contributed by atoms with Crippen LogP contribution in [0.4, 0.5) is 5.69 Å². The number of aromatic nitrogens is 1. The average Bonchev–Trinajstić information content (AvgIpc) is 2.37. The van der Waals surface area contributed by atoms with Crippen LogP contribution >= 0.6 is 11.6 Å². The Hall–Kier alpha value is -1.65. The molecule has 1 aromatic carbocycles. The molecule has 2 rings (SSSR count). The second-order valence-electron chi connectivity index (χ2n) is 5.25. The highest BCUT2D eigenvalue weighted by Gasteiger charge is 2.16. The molecule has 0 bridgehead atoms. The fourth-order valence-electron chi connectivity index (χ4n) is 2.09. The standard InChI is InChI=1S/C15H18ClN3O/c1-9(2)6-12(17)15(20)19-13-8-11(16)7-10-4-3-5-18-14(10)13/h3-5,7-9,12H,6,17H2,1-2H3,(H,19,20)/t12-/m0/s1. The number of hydrogen-bond acceptors (Lipinski definition) is 3. The van der Waals surface area contributed by atoms with E-state index in [1.165, 1.54) is 0 Å². The molecule has 2 aromatic rings. The zero-order valence-electron chi connectivity index (χ0n) is 11.6. The molecule has 4 nitrogen and oxygen atoms in total. The molecule has 0 aliphatic rings. The molecule has 0 unspecified atom stereocenters. The lowest BCUT2D eigenvalue weighted by atomic mass is 10.0. The molecule has 0 saturated carbocycles. The molecule has 106 valence electrons. The van der Waals surface area contributed by atoms with Gasteiger partial charge in [0.05, 0.1) is 17.2 Å². The topological polar surface area (TPSA) is 68.0 Å². The van der Waals surface area contributed by atoms with Crippen molar-refractivity contribution >= 4 is 34.1 Å². The van der Waals surface area contributed by atoms with E-state index in [4.69, 9.17) is 17.3 Å². The Bertz CT molecular complexity index is 628. The summed E-state index contributed by atoms with van der Waals surface area (Å²) in [7, 11) is 0. The minimum Gasteiger partial charge on any atom is -0.323 e. The van der Waals surface area contributed by atoms with Gasteiger partial charge in [-0.2, -0.15) is 0 Å². The van der Waals surface area contributed by atoms with Crippen molar-refractivity contribution in [2.75, 3.05) is 5.32 Å². The van der Waals surface area contributed by atoms with E-state index in [0.29, 0.717) is 28.6 Å². The first-order valence-electron chi connectivity index (χ1n) is 6.58. The first-order chi connectivity index (χ1) is 9.47. The van der Waals surface area contributed by atoms with Gasteiger partial charge in [-0.3, -0.25) is 9.78 Å². The molecule has 0 radical (unpaired) electrons. The number of hydrogen-bond donors (Lipinski definition) is 2. The molecule has 1 atom stereocenters. The smallest absolute Gasteiger partial charge is 0.241 e. The number of anilines is 1. The molecule has 1 heterocycles. The number of nitrogens with one attached hydrogen (secondary N) is 1. The predicted octanol–water partition coefficient (Wildman–Crippen LogP) is 3.20. The van der Waals surface area contributed by atoms with Gasteiger partial charge in [-0.25, -0.2) is 0 Å². The highest BCUT2D eigenvalue weighted by atomic mass is 35.5. The normalized spacial score (nSPS) is 12.7. The molecule has 0 aliphatic carbocycles. The van der Waals surface area contributed by atoms with E-state index in [1.54, 1.807) is 12.3 Å². The van der Waals surface area contributed by atoms with Gasteiger partial charge in [0.25, 0.3) is 0 Å². The Morgan fingerprint density at radius 1 is 1.45 bits per heavy atom. The third-order valence-electron chi connectivity index (χ3n) is 2.99. The van der Waals surface area contributed by atoms with Crippen LogP contribution < -0.4 is 11.1 Å². The van der Waals surface area contributed by atoms with Gasteiger partial charge < -0.3 is 11.1 Å². The summed E-state index contributed by atoms with van der Waals surface area (Å²) in [6.45, 7) is 4.06. The van der Waals surface area contributed by atoms with Gasteiger partial charge in [-0.15, -0.1) is 0 Å². The number of halogens is 1. The number of nitrogens with zero attached hydrogens (tertiary/aromatic N) is 1. The van der Waals surface area contributed by atoms with E-state index in [1.807, 2.05) is 32.0 Å². The molecule has 20 heavy (non-hydrogen) atoms. The maximum absolute atomic E-state index is 12.1. The van der Waals surface area contributed by atoms with Crippen LogP contribution in [0.15, 0.2) is 30.5 Å². The number of amides is 1. The zero-order chi connectivity index (χ0) is 14.7. The summed E-state index contributed by atoms with van der Waals surface area (Å²) in [5, 5.41) is 4.26. The quantitative estimate of drug-likeness (QED) is 0.909. The summed E-state index contributed by atoms with van der Waals surface area (Å²) in [6.07, 6.45) is 2.32. The molecule has 1 aromatic heterocycles. The third kappa shape index (κ3) is 3.46. The van der Waals surface area contributed by atoms with Crippen molar-refractivity contribution in [2.24, 2.45) is 11.7 Å². The number of benzene rings is 1. The molecular formula is C15H18ClN3O. The second kappa shape index (κ2) is 6.20. The Morgan fingerprint density at radius 2 is 2.20 bits per heavy atom. The van der Waals surface area contributed by atoms with Gasteiger partial charge in [-0.1, -0.05) is 31.5 Å². The molecule has 0 spiro atoms. The van der Waals surface area contributed by atoms with E-state index in [0.717, 1.165) is 5.39 Å². The third-order valence-corrected chi connectivity index (χ3v) is 3.21. The van der Waals surface area contributed by atoms with Crippen LogP contribution in [0.3, 0.4) is 0 Å². The Morgan fingerprint density at radius 3 is 2.90 bits per heavy atom. The number of nitrogens with two attached hydrogens (primary N) is 1. The Labute approximate surface area is 123 Å². The van der Waals surface area contributed by atoms with Crippen molar-refractivity contribution in [2.45, 2.75) is 26.3 Å². The van der Waals surface area contributed by atoms with Crippen LogP contribution in [0.25, 0.3) is 10.9 Å². The summed E-state index contributed by atoms with van der Waals surface area (Å²) < 4.78 is 0. The maximum Gasteiger partial charge on any atom is 0.241 e. The number of carbonyl (C=O) groups excluding carboxylic acids is 1.